The highest BCUT2D eigenvalue weighted by Crippen LogP contribution is 2.10. The zero-order valence-corrected chi connectivity index (χ0v) is 13.3. The van der Waals surface area contributed by atoms with Crippen LogP contribution in [0.5, 0.6) is 0 Å². The van der Waals surface area contributed by atoms with E-state index in [0.29, 0.717) is 23.6 Å². The van der Waals surface area contributed by atoms with Gasteiger partial charge < -0.3 is 10.6 Å². The Bertz CT molecular complexity index is 766. The molecule has 0 atom stereocenters. The lowest BCUT2D eigenvalue weighted by Crippen LogP contribution is -2.37. The highest BCUT2D eigenvalue weighted by Gasteiger charge is 2.06. The van der Waals surface area contributed by atoms with Gasteiger partial charge in [0, 0.05) is 24.2 Å². The van der Waals surface area contributed by atoms with Gasteiger partial charge in [-0.1, -0.05) is 24.3 Å². The van der Waals surface area contributed by atoms with Gasteiger partial charge >= 0.3 is 0 Å². The average molecular weight is 328 g/mol. The third-order valence-electron chi connectivity index (χ3n) is 3.34. The molecule has 0 saturated carbocycles. The number of nitriles is 1. The third-order valence-corrected chi connectivity index (χ3v) is 3.34. The maximum absolute atomic E-state index is 13.9. The molecule has 0 aliphatic carbocycles. The fourth-order valence-corrected chi connectivity index (χ4v) is 2.07. The Hall–Kier alpha value is -2.94. The monoisotopic (exact) mass is 328 g/mol. The lowest BCUT2D eigenvalue weighted by molar-refractivity contribution is 0.603. The number of hydrogen-bond acceptors (Lipinski definition) is 2. The number of guanidine groups is 1. The molecule has 0 radical (unpaired) electrons. The summed E-state index contributed by atoms with van der Waals surface area (Å²) < 4.78 is 27.5. The Morgan fingerprint density at radius 1 is 1.08 bits per heavy atom. The number of rotatable bonds is 5. The molecule has 0 bridgehead atoms. The van der Waals surface area contributed by atoms with Crippen molar-refractivity contribution >= 4 is 5.96 Å². The van der Waals surface area contributed by atoms with Gasteiger partial charge in [-0.15, -0.1) is 0 Å². The molecular weight excluding hydrogens is 310 g/mol. The number of nitrogens with zero attached hydrogens (tertiary/aromatic N) is 2. The van der Waals surface area contributed by atoms with Crippen LogP contribution in [0.3, 0.4) is 0 Å². The summed E-state index contributed by atoms with van der Waals surface area (Å²) >= 11 is 0. The summed E-state index contributed by atoms with van der Waals surface area (Å²) in [4.78, 5) is 4.30. The highest BCUT2D eigenvalue weighted by molar-refractivity contribution is 5.79. The minimum atomic E-state index is -0.452. The van der Waals surface area contributed by atoms with Gasteiger partial charge in [0.2, 0.25) is 0 Å². The summed E-state index contributed by atoms with van der Waals surface area (Å²) in [6.45, 7) is 2.92. The van der Waals surface area contributed by atoms with Gasteiger partial charge in [-0.25, -0.2) is 13.8 Å². The van der Waals surface area contributed by atoms with E-state index in [1.54, 1.807) is 30.3 Å². The first kappa shape index (κ1) is 17.4. The Kier molecular flexibility index (Phi) is 6.26. The predicted octanol–water partition coefficient (Wildman–Crippen LogP) is 3.09. The molecule has 0 heterocycles. The number of hydrogen-bond donors (Lipinski definition) is 2. The molecule has 0 fully saturated rings. The second-order valence-corrected chi connectivity index (χ2v) is 5.06. The summed E-state index contributed by atoms with van der Waals surface area (Å²) in [7, 11) is 0. The van der Waals surface area contributed by atoms with Crippen molar-refractivity contribution in [3.8, 4) is 6.07 Å². The van der Waals surface area contributed by atoms with E-state index in [1.165, 1.54) is 12.1 Å². The van der Waals surface area contributed by atoms with Crippen LogP contribution >= 0.6 is 0 Å². The van der Waals surface area contributed by atoms with Crippen molar-refractivity contribution in [3.05, 3.63) is 70.8 Å². The predicted molar refractivity (Wildman–Crippen MR) is 89.2 cm³/mol. The van der Waals surface area contributed by atoms with Crippen LogP contribution in [0, 0.1) is 23.0 Å². The first-order valence-corrected chi connectivity index (χ1v) is 7.58. The van der Waals surface area contributed by atoms with E-state index < -0.39 is 5.82 Å². The summed E-state index contributed by atoms with van der Waals surface area (Å²) in [6, 6.07) is 12.6. The third kappa shape index (κ3) is 4.78. The van der Waals surface area contributed by atoms with Crippen molar-refractivity contribution in [3.63, 3.8) is 0 Å². The lowest BCUT2D eigenvalue weighted by Gasteiger charge is -2.12. The van der Waals surface area contributed by atoms with Crippen LogP contribution in [0.4, 0.5) is 8.78 Å². The van der Waals surface area contributed by atoms with E-state index >= 15 is 0 Å². The van der Waals surface area contributed by atoms with Crippen LogP contribution in [0.15, 0.2) is 47.5 Å². The molecule has 0 amide bonds. The summed E-state index contributed by atoms with van der Waals surface area (Å²) in [5.41, 5.74) is 1.18. The van der Waals surface area contributed by atoms with Crippen molar-refractivity contribution in [2.45, 2.75) is 20.0 Å². The van der Waals surface area contributed by atoms with Gasteiger partial charge in [-0.2, -0.15) is 5.26 Å². The fraction of sp³-hybridized carbons (Fsp3) is 0.222. The molecule has 6 heteroatoms. The van der Waals surface area contributed by atoms with E-state index in [-0.39, 0.29) is 24.5 Å². The molecular formula is C18H18F2N4. The van der Waals surface area contributed by atoms with Crippen molar-refractivity contribution in [1.29, 1.82) is 5.26 Å². The Morgan fingerprint density at radius 3 is 2.54 bits per heavy atom. The maximum Gasteiger partial charge on any atom is 0.191 e. The van der Waals surface area contributed by atoms with Gasteiger partial charge in [-0.05, 0) is 25.1 Å². The highest BCUT2D eigenvalue weighted by atomic mass is 19.1. The minimum absolute atomic E-state index is 0.178. The molecule has 4 nitrogen and oxygen atoms in total. The van der Waals surface area contributed by atoms with E-state index in [4.69, 9.17) is 5.26 Å². The van der Waals surface area contributed by atoms with E-state index in [2.05, 4.69) is 15.6 Å². The molecule has 0 saturated heterocycles. The molecule has 2 aromatic rings. The molecule has 0 spiro atoms. The molecule has 2 N–H and O–H groups in total. The van der Waals surface area contributed by atoms with Crippen LogP contribution in [-0.2, 0) is 13.1 Å². The van der Waals surface area contributed by atoms with Gasteiger partial charge in [0.25, 0.3) is 0 Å². The Labute approximate surface area is 139 Å². The van der Waals surface area contributed by atoms with Crippen LogP contribution in [-0.4, -0.2) is 12.5 Å². The van der Waals surface area contributed by atoms with E-state index in [0.717, 1.165) is 0 Å². The SMILES string of the molecule is CCNC(=NCc1ccccc1F)NCc1ccc(C#N)cc1F. The Morgan fingerprint density at radius 2 is 1.88 bits per heavy atom. The first-order valence-electron chi connectivity index (χ1n) is 7.58. The quantitative estimate of drug-likeness (QED) is 0.655. The summed E-state index contributed by atoms with van der Waals surface area (Å²) in [5.74, 6) is -0.300. The topological polar surface area (TPSA) is 60.2 Å². The summed E-state index contributed by atoms with van der Waals surface area (Å²) in [6.07, 6.45) is 0. The molecule has 0 aliphatic rings. The van der Waals surface area contributed by atoms with Crippen molar-refractivity contribution in [1.82, 2.24) is 10.6 Å². The molecule has 124 valence electrons. The normalized spacial score (nSPS) is 11.0. The Balaban J connectivity index is 2.04. The first-order chi connectivity index (χ1) is 11.6. The molecule has 0 unspecified atom stereocenters. The van der Waals surface area contributed by atoms with Crippen LogP contribution in [0.25, 0.3) is 0 Å². The second kappa shape index (κ2) is 8.63. The zero-order chi connectivity index (χ0) is 17.4. The summed E-state index contributed by atoms with van der Waals surface area (Å²) in [5, 5.41) is 14.8. The van der Waals surface area contributed by atoms with Gasteiger partial charge in [0.15, 0.2) is 5.96 Å². The van der Waals surface area contributed by atoms with Crippen LogP contribution in [0.2, 0.25) is 0 Å². The molecule has 2 aromatic carbocycles. The molecule has 0 aliphatic heterocycles. The molecule has 0 aromatic heterocycles. The second-order valence-electron chi connectivity index (χ2n) is 5.06. The molecule has 24 heavy (non-hydrogen) atoms. The number of nitrogens with one attached hydrogen (secondary N) is 2. The maximum atomic E-state index is 13.9. The van der Waals surface area contributed by atoms with Crippen molar-refractivity contribution < 1.29 is 8.78 Å². The van der Waals surface area contributed by atoms with Crippen LogP contribution < -0.4 is 10.6 Å². The smallest absolute Gasteiger partial charge is 0.191 e. The number of benzene rings is 2. The van der Waals surface area contributed by atoms with Crippen molar-refractivity contribution in [2.75, 3.05) is 6.54 Å². The minimum Gasteiger partial charge on any atom is -0.357 e. The zero-order valence-electron chi connectivity index (χ0n) is 13.3. The van der Waals surface area contributed by atoms with E-state index in [9.17, 15) is 8.78 Å². The van der Waals surface area contributed by atoms with Crippen molar-refractivity contribution in [2.24, 2.45) is 4.99 Å². The fourth-order valence-electron chi connectivity index (χ4n) is 2.07. The largest absolute Gasteiger partial charge is 0.357 e. The van der Waals surface area contributed by atoms with Gasteiger partial charge in [-0.3, -0.25) is 0 Å². The van der Waals surface area contributed by atoms with Gasteiger partial charge in [0.05, 0.1) is 18.2 Å². The lowest BCUT2D eigenvalue weighted by atomic mass is 10.1. The average Bonchev–Trinajstić information content (AvgIpc) is 2.59. The van der Waals surface area contributed by atoms with Gasteiger partial charge in [0.1, 0.15) is 11.6 Å². The number of halogens is 2. The standard InChI is InChI=1S/C18H18F2N4/c1-2-22-18(23-11-14-5-3-4-6-16(14)19)24-12-15-8-7-13(10-21)9-17(15)20/h3-9H,2,11-12H2,1H3,(H2,22,23,24). The van der Waals surface area contributed by atoms with E-state index in [1.807, 2.05) is 13.0 Å². The molecule has 2 rings (SSSR count). The van der Waals surface area contributed by atoms with Crippen LogP contribution in [0.1, 0.15) is 23.6 Å². The number of aliphatic imine (C=N–C) groups is 1.